The van der Waals surface area contributed by atoms with E-state index in [1.807, 2.05) is 6.92 Å². The third-order valence-corrected chi connectivity index (χ3v) is 19.1. The lowest BCUT2D eigenvalue weighted by Crippen LogP contribution is -2.67. The Hall–Kier alpha value is -1.73. The van der Waals surface area contributed by atoms with Gasteiger partial charge in [-0.15, -0.1) is 0 Å². The SMILES string of the molecule is C[C@H]1[C@H](C)CC[C@]2(C(=O)O[C@@H]3O[C@H](CO[C@@H]4O[C@H](CO)[C@@H](O[C@@H]5O[C@@H](C)[C@H](O)[C@@H](O)[C@H]5O)[C@H](O)[C@H]4O)[C@@H](O)[C@H](O)[C@H]3O)CC[C@]3(C)C(=CC[C@@H]4[C@@]5(C)C[C@@H](O)[C@H](O)[C@@](C)(CO)[C@@H]5C=C[C@]43C)[C@H]12. The highest BCUT2D eigenvalue weighted by atomic mass is 16.8. The summed E-state index contributed by atoms with van der Waals surface area (Å²) in [5.74, 6) is -0.748. The molecule has 0 aromatic rings. The molecule has 12 N–H and O–H groups in total. The van der Waals surface area contributed by atoms with Crippen LogP contribution in [0, 0.1) is 56.7 Å². The van der Waals surface area contributed by atoms with Crippen molar-refractivity contribution >= 4 is 5.97 Å². The van der Waals surface area contributed by atoms with Crippen molar-refractivity contribution in [3.05, 3.63) is 23.8 Å². The quantitative estimate of drug-likeness (QED) is 0.0949. The number of carbonyl (C=O) groups is 1. The Labute approximate surface area is 391 Å². The van der Waals surface area contributed by atoms with Gasteiger partial charge in [0.05, 0.1) is 43.5 Å². The van der Waals surface area contributed by atoms with Crippen LogP contribution in [0.5, 0.6) is 0 Å². The number of aliphatic hydroxyl groups is 12. The van der Waals surface area contributed by atoms with Crippen molar-refractivity contribution in [1.82, 2.24) is 0 Å². The van der Waals surface area contributed by atoms with E-state index in [1.165, 1.54) is 6.92 Å². The highest BCUT2D eigenvalue weighted by molar-refractivity contribution is 5.79. The molecular weight excluding hydrogens is 881 g/mol. The van der Waals surface area contributed by atoms with Gasteiger partial charge in [-0.05, 0) is 91.3 Å². The van der Waals surface area contributed by atoms with Crippen molar-refractivity contribution in [1.29, 1.82) is 0 Å². The van der Waals surface area contributed by atoms with Crippen molar-refractivity contribution in [2.45, 2.75) is 191 Å². The molecule has 0 amide bonds. The van der Waals surface area contributed by atoms with Crippen molar-refractivity contribution in [2.24, 2.45) is 56.7 Å². The number of hydrogen-bond donors (Lipinski definition) is 12. The molecule has 8 aliphatic rings. The number of ether oxygens (including phenoxy) is 6. The van der Waals surface area contributed by atoms with Gasteiger partial charge in [-0.25, -0.2) is 0 Å². The second kappa shape index (κ2) is 18.4. The van der Waals surface area contributed by atoms with E-state index in [1.54, 1.807) is 0 Å². The molecule has 27 atom stereocenters. The fourth-order valence-electron chi connectivity index (χ4n) is 14.5. The minimum absolute atomic E-state index is 0.0339. The number of allylic oxidation sites excluding steroid dienone is 4. The molecule has 0 aromatic carbocycles. The predicted molar refractivity (Wildman–Crippen MR) is 231 cm³/mol. The number of esters is 1. The van der Waals surface area contributed by atoms with Gasteiger partial charge in [0.2, 0.25) is 6.29 Å². The molecule has 3 aliphatic heterocycles. The van der Waals surface area contributed by atoms with Gasteiger partial charge in [0.25, 0.3) is 0 Å². The van der Waals surface area contributed by atoms with Crippen LogP contribution in [0.3, 0.4) is 0 Å². The molecule has 0 aromatic heterocycles. The van der Waals surface area contributed by atoms with Crippen LogP contribution in [-0.4, -0.2) is 191 Å². The molecule has 6 fully saturated rings. The van der Waals surface area contributed by atoms with E-state index >= 15 is 0 Å². The summed E-state index contributed by atoms with van der Waals surface area (Å²) in [6.07, 6.45) is -16.5. The second-order valence-corrected chi connectivity index (χ2v) is 22.5. The van der Waals surface area contributed by atoms with Crippen molar-refractivity contribution < 1.29 is 94.5 Å². The Bertz CT molecular complexity index is 1870. The van der Waals surface area contributed by atoms with Gasteiger partial charge < -0.3 is 89.7 Å². The molecule has 0 bridgehead atoms. The normalized spacial score (nSPS) is 56.4. The molecule has 19 nitrogen and oxygen atoms in total. The van der Waals surface area contributed by atoms with Crippen LogP contribution in [0.15, 0.2) is 23.8 Å². The van der Waals surface area contributed by atoms with Crippen LogP contribution in [0.4, 0.5) is 0 Å². The first-order chi connectivity index (χ1) is 31.4. The minimum atomic E-state index is -1.87. The summed E-state index contributed by atoms with van der Waals surface area (Å²) in [5, 5.41) is 130. The Morgan fingerprint density at radius 1 is 0.746 bits per heavy atom. The summed E-state index contributed by atoms with van der Waals surface area (Å²) in [5.41, 5.74) is -2.15. The third-order valence-electron chi connectivity index (χ3n) is 19.1. The maximum atomic E-state index is 15.0. The van der Waals surface area contributed by atoms with Crippen molar-refractivity contribution in [3.63, 3.8) is 0 Å². The molecule has 5 aliphatic carbocycles. The lowest BCUT2D eigenvalue weighted by atomic mass is 9.34. The first-order valence-corrected chi connectivity index (χ1v) is 24.2. The van der Waals surface area contributed by atoms with E-state index in [0.29, 0.717) is 32.1 Å². The molecule has 67 heavy (non-hydrogen) atoms. The molecular formula is C48H76O19. The number of hydrogen-bond acceptors (Lipinski definition) is 19. The first-order valence-electron chi connectivity index (χ1n) is 24.2. The van der Waals surface area contributed by atoms with Crippen LogP contribution in [0.25, 0.3) is 0 Å². The Morgan fingerprint density at radius 3 is 2.06 bits per heavy atom. The molecule has 8 rings (SSSR count). The highest BCUT2D eigenvalue weighted by Crippen LogP contribution is 2.74. The van der Waals surface area contributed by atoms with Crippen LogP contribution in [0.1, 0.15) is 87.0 Å². The van der Waals surface area contributed by atoms with Crippen LogP contribution in [0.2, 0.25) is 0 Å². The number of rotatable bonds is 9. The smallest absolute Gasteiger partial charge is 0.315 e. The first kappa shape index (κ1) is 51.6. The van der Waals surface area contributed by atoms with Crippen molar-refractivity contribution in [3.8, 4) is 0 Å². The maximum absolute atomic E-state index is 15.0. The molecule has 3 saturated heterocycles. The Morgan fingerprint density at radius 2 is 1.39 bits per heavy atom. The fraction of sp³-hybridized carbons (Fsp3) is 0.896. The zero-order valence-electron chi connectivity index (χ0n) is 39.5. The van der Waals surface area contributed by atoms with Gasteiger partial charge in [0, 0.05) is 5.41 Å². The monoisotopic (exact) mass is 956 g/mol. The Kier molecular flexibility index (Phi) is 14.2. The zero-order valence-corrected chi connectivity index (χ0v) is 39.5. The van der Waals surface area contributed by atoms with Crippen LogP contribution in [-0.2, 0) is 33.2 Å². The standard InChI is InChI=1S/C48H76O19/c1-20-10-13-48(15-14-46(6)23(29(48)21(20)2)8-9-28-44(4)16-24(51)39(60)45(5,19-50)27(44)11-12-47(28,46)7)43(61)67-42-36(58)33(55)31(53)26(65-42)18-62-40-37(59)34(56)38(25(17-49)64-40)66-41-35(57)32(54)30(52)22(3)63-41/h8,11-12,20-22,24-42,49-60H,9-10,13-19H2,1-7H3/t20-,21+,22+,24-,25-,26-,27-,28-,29+,30+,31-,32-,33+,34-,35-,36-,37-,38-,39+,40-,41+,42+,44+,45+,46-,47-,48+/m1/s1. The molecule has 0 spiro atoms. The van der Waals surface area contributed by atoms with E-state index in [-0.39, 0.29) is 36.2 Å². The van der Waals surface area contributed by atoms with E-state index in [9.17, 15) is 66.1 Å². The van der Waals surface area contributed by atoms with Gasteiger partial charge in [0.15, 0.2) is 12.6 Å². The van der Waals surface area contributed by atoms with Gasteiger partial charge >= 0.3 is 5.97 Å². The summed E-state index contributed by atoms with van der Waals surface area (Å²) in [7, 11) is 0. The lowest BCUT2D eigenvalue weighted by molar-refractivity contribution is -0.361. The fourth-order valence-corrected chi connectivity index (χ4v) is 14.5. The molecule has 382 valence electrons. The summed E-state index contributed by atoms with van der Waals surface area (Å²) >= 11 is 0. The van der Waals surface area contributed by atoms with Gasteiger partial charge in [0.1, 0.15) is 67.1 Å². The summed E-state index contributed by atoms with van der Waals surface area (Å²) in [6, 6.07) is 0. The molecule has 3 heterocycles. The molecule has 3 saturated carbocycles. The van der Waals surface area contributed by atoms with Gasteiger partial charge in [-0.2, -0.15) is 0 Å². The lowest BCUT2D eigenvalue weighted by Gasteiger charge is -2.69. The van der Waals surface area contributed by atoms with Crippen molar-refractivity contribution in [2.75, 3.05) is 19.8 Å². The number of carbonyl (C=O) groups excluding carboxylic acids is 1. The van der Waals surface area contributed by atoms with Gasteiger partial charge in [-0.3, -0.25) is 4.79 Å². The zero-order chi connectivity index (χ0) is 49.1. The molecule has 0 radical (unpaired) electrons. The number of fused-ring (bicyclic) bond motifs is 7. The maximum Gasteiger partial charge on any atom is 0.315 e. The topological polar surface area (TPSA) is 315 Å². The predicted octanol–water partition coefficient (Wildman–Crippen LogP) is -1.26. The third kappa shape index (κ3) is 7.84. The molecule has 19 heteroatoms. The average Bonchev–Trinajstić information content (AvgIpc) is 3.29. The van der Waals surface area contributed by atoms with E-state index < -0.39 is 151 Å². The van der Waals surface area contributed by atoms with Crippen LogP contribution >= 0.6 is 0 Å². The number of aliphatic hydroxyl groups excluding tert-OH is 12. The van der Waals surface area contributed by atoms with E-state index in [2.05, 4.69) is 52.8 Å². The van der Waals surface area contributed by atoms with E-state index in [4.69, 9.17) is 28.4 Å². The summed E-state index contributed by atoms with van der Waals surface area (Å²) in [6.45, 7) is 12.6. The minimum Gasteiger partial charge on any atom is -0.432 e. The van der Waals surface area contributed by atoms with Gasteiger partial charge in [-0.1, -0.05) is 65.3 Å². The summed E-state index contributed by atoms with van der Waals surface area (Å²) in [4.78, 5) is 15.0. The molecule has 0 unspecified atom stereocenters. The van der Waals surface area contributed by atoms with Crippen LogP contribution < -0.4 is 0 Å². The van der Waals surface area contributed by atoms with E-state index in [0.717, 1.165) is 12.0 Å². The highest BCUT2D eigenvalue weighted by Gasteiger charge is 2.70. The second-order valence-electron chi connectivity index (χ2n) is 22.5. The summed E-state index contributed by atoms with van der Waals surface area (Å²) < 4.78 is 34.7. The largest absolute Gasteiger partial charge is 0.432 e. The average molecular weight is 957 g/mol. The Balaban J connectivity index is 0.987.